The first-order valence-corrected chi connectivity index (χ1v) is 11.6. The first kappa shape index (κ1) is 24.2. The van der Waals surface area contributed by atoms with Gasteiger partial charge in [-0.1, -0.05) is 19.1 Å². The van der Waals surface area contributed by atoms with Gasteiger partial charge in [0, 0.05) is 31.0 Å². The minimum Gasteiger partial charge on any atom is -0.489 e. The molecule has 0 saturated carbocycles. The van der Waals surface area contributed by atoms with Gasteiger partial charge < -0.3 is 24.9 Å². The highest BCUT2D eigenvalue weighted by Crippen LogP contribution is 2.23. The molecule has 1 aliphatic rings. The highest BCUT2D eigenvalue weighted by Gasteiger charge is 2.22. The zero-order valence-electron chi connectivity index (χ0n) is 19.5. The van der Waals surface area contributed by atoms with Crippen molar-refractivity contribution in [2.45, 2.75) is 25.9 Å². The molecule has 0 radical (unpaired) electrons. The lowest BCUT2D eigenvalue weighted by molar-refractivity contribution is -0.121. The number of oxazole rings is 1. The Hall–Kier alpha value is -3.94. The average molecular weight is 477 g/mol. The van der Waals surface area contributed by atoms with Crippen LogP contribution in [0.25, 0.3) is 11.1 Å². The van der Waals surface area contributed by atoms with E-state index >= 15 is 0 Å². The van der Waals surface area contributed by atoms with Crippen LogP contribution in [0.2, 0.25) is 0 Å². The summed E-state index contributed by atoms with van der Waals surface area (Å²) in [5, 5.41) is 29.7. The van der Waals surface area contributed by atoms with Gasteiger partial charge in [-0.2, -0.15) is 15.3 Å². The number of amides is 1. The number of hydrogen-bond acceptors (Lipinski definition) is 9. The second-order valence-electron chi connectivity index (χ2n) is 8.40. The molecule has 2 aromatic carbocycles. The summed E-state index contributed by atoms with van der Waals surface area (Å²) in [6, 6.07) is 15.1. The van der Waals surface area contributed by atoms with Crippen LogP contribution in [0.15, 0.2) is 52.0 Å². The predicted octanol–water partition coefficient (Wildman–Crippen LogP) is 2.39. The monoisotopic (exact) mass is 476 g/mol. The minimum absolute atomic E-state index is 0.0386. The molecule has 0 bridgehead atoms. The maximum atomic E-state index is 11.5. The number of hydrazone groups is 1. The van der Waals surface area contributed by atoms with Gasteiger partial charge in [-0.25, -0.2) is 5.43 Å². The molecule has 0 fully saturated rings. The zero-order chi connectivity index (χ0) is 24.6. The van der Waals surface area contributed by atoms with Gasteiger partial charge in [-0.15, -0.1) is 0 Å². The molecule has 2 heterocycles. The number of aromatic nitrogens is 1. The smallest absolute Gasteiger partial charge is 0.295 e. The average Bonchev–Trinajstić information content (AvgIpc) is 3.27. The van der Waals surface area contributed by atoms with Crippen LogP contribution in [-0.2, 0) is 4.79 Å². The number of aliphatic hydroxyl groups excluding tert-OH is 1. The summed E-state index contributed by atoms with van der Waals surface area (Å²) in [7, 11) is 0. The summed E-state index contributed by atoms with van der Waals surface area (Å²) in [4.78, 5) is 16.0. The van der Waals surface area contributed by atoms with E-state index in [9.17, 15) is 9.90 Å². The molecular formula is C25H28N6O4. The molecule has 2 atom stereocenters. The van der Waals surface area contributed by atoms with E-state index in [1.807, 2.05) is 25.1 Å². The fraction of sp³-hybridized carbons (Fsp3) is 0.360. The number of hydrogen-bond donors (Lipinski definition) is 4. The Balaban J connectivity index is 1.18. The van der Waals surface area contributed by atoms with Crippen LogP contribution in [0.3, 0.4) is 0 Å². The van der Waals surface area contributed by atoms with E-state index in [-0.39, 0.29) is 18.4 Å². The SMILES string of the molecule is CC1CC(=O)NN=C1c1ccc2oc(NCCCNCC(O)COc3ccccc3C#N)nc2c1. The molecular weight excluding hydrogens is 448 g/mol. The fourth-order valence-corrected chi connectivity index (χ4v) is 3.77. The lowest BCUT2D eigenvalue weighted by atomic mass is 9.94. The summed E-state index contributed by atoms with van der Waals surface area (Å²) in [6.07, 6.45) is 0.518. The molecule has 4 rings (SSSR count). The van der Waals surface area contributed by atoms with Crippen molar-refractivity contribution in [1.82, 2.24) is 15.7 Å². The highest BCUT2D eigenvalue weighted by molar-refractivity contribution is 6.07. The van der Waals surface area contributed by atoms with Crippen molar-refractivity contribution in [3.05, 3.63) is 53.6 Å². The van der Waals surface area contributed by atoms with Gasteiger partial charge >= 0.3 is 0 Å². The Kier molecular flexibility index (Phi) is 7.92. The molecule has 1 aromatic heterocycles. The lowest BCUT2D eigenvalue weighted by Crippen LogP contribution is -2.32. The molecule has 10 nitrogen and oxygen atoms in total. The summed E-state index contributed by atoms with van der Waals surface area (Å²) >= 11 is 0. The number of fused-ring (bicyclic) bond motifs is 1. The molecule has 4 N–H and O–H groups in total. The molecule has 0 spiro atoms. The summed E-state index contributed by atoms with van der Waals surface area (Å²) in [6.45, 7) is 3.79. The van der Waals surface area contributed by atoms with Crippen molar-refractivity contribution < 1.29 is 19.1 Å². The van der Waals surface area contributed by atoms with Crippen molar-refractivity contribution in [2.24, 2.45) is 11.0 Å². The number of carbonyl (C=O) groups is 1. The van der Waals surface area contributed by atoms with Crippen molar-refractivity contribution in [3.63, 3.8) is 0 Å². The maximum Gasteiger partial charge on any atom is 0.295 e. The zero-order valence-corrected chi connectivity index (χ0v) is 19.5. The first-order valence-electron chi connectivity index (χ1n) is 11.6. The molecule has 10 heteroatoms. The van der Waals surface area contributed by atoms with E-state index in [2.05, 4.69) is 32.2 Å². The Morgan fingerprint density at radius 1 is 1.31 bits per heavy atom. The van der Waals surface area contributed by atoms with Gasteiger partial charge in [0.1, 0.15) is 30.0 Å². The molecule has 2 unspecified atom stereocenters. The van der Waals surface area contributed by atoms with Gasteiger partial charge in [-0.3, -0.25) is 4.79 Å². The van der Waals surface area contributed by atoms with E-state index < -0.39 is 6.10 Å². The van der Waals surface area contributed by atoms with Crippen LogP contribution < -0.4 is 20.8 Å². The van der Waals surface area contributed by atoms with Gasteiger partial charge in [0.05, 0.1) is 11.3 Å². The molecule has 0 saturated heterocycles. The van der Waals surface area contributed by atoms with E-state index in [0.717, 1.165) is 23.2 Å². The number of nitriles is 1. The van der Waals surface area contributed by atoms with E-state index in [0.29, 0.717) is 49.0 Å². The Bertz CT molecular complexity index is 1250. The fourth-order valence-electron chi connectivity index (χ4n) is 3.77. The number of para-hydroxylation sites is 1. The molecule has 3 aromatic rings. The number of anilines is 1. The van der Waals surface area contributed by atoms with Crippen LogP contribution in [0.1, 0.15) is 30.9 Å². The number of nitrogens with one attached hydrogen (secondary N) is 3. The Morgan fingerprint density at radius 2 is 2.17 bits per heavy atom. The number of carbonyl (C=O) groups excluding carboxylic acids is 1. The highest BCUT2D eigenvalue weighted by atomic mass is 16.5. The first-order chi connectivity index (χ1) is 17.0. The van der Waals surface area contributed by atoms with Crippen molar-refractivity contribution in [2.75, 3.05) is 31.6 Å². The molecule has 0 aliphatic carbocycles. The molecule has 1 aliphatic heterocycles. The second kappa shape index (κ2) is 11.5. The van der Waals surface area contributed by atoms with Crippen LogP contribution in [0.4, 0.5) is 6.01 Å². The third kappa shape index (κ3) is 6.35. The number of rotatable bonds is 11. The van der Waals surface area contributed by atoms with E-state index in [4.69, 9.17) is 14.4 Å². The predicted molar refractivity (Wildman–Crippen MR) is 131 cm³/mol. The normalized spacial score (nSPS) is 16.3. The maximum absolute atomic E-state index is 11.5. The second-order valence-corrected chi connectivity index (χ2v) is 8.40. The standard InChI is InChI=1S/C25H28N6O4/c1-16-11-23(33)30-31-24(16)17-7-8-22-20(12-17)29-25(35-22)28-10-4-9-27-14-19(32)15-34-21-6-3-2-5-18(21)13-26/h2-3,5-8,12,16,19,27,32H,4,9-11,14-15H2,1H3,(H,28,29)(H,30,33). The molecule has 182 valence electrons. The van der Waals surface area contributed by atoms with Crippen LogP contribution in [-0.4, -0.2) is 54.1 Å². The van der Waals surface area contributed by atoms with Crippen molar-refractivity contribution in [1.29, 1.82) is 5.26 Å². The molecule has 1 amide bonds. The molecule has 35 heavy (non-hydrogen) atoms. The number of ether oxygens (including phenoxy) is 1. The Morgan fingerprint density at radius 3 is 3.00 bits per heavy atom. The Labute approximate surface area is 203 Å². The topological polar surface area (TPSA) is 145 Å². The minimum atomic E-state index is -0.689. The van der Waals surface area contributed by atoms with E-state index in [1.165, 1.54) is 0 Å². The summed E-state index contributed by atoms with van der Waals surface area (Å²) in [5.41, 5.74) is 6.11. The number of aliphatic hydroxyl groups is 1. The van der Waals surface area contributed by atoms with E-state index in [1.54, 1.807) is 24.3 Å². The largest absolute Gasteiger partial charge is 0.489 e. The van der Waals surface area contributed by atoms with Crippen molar-refractivity contribution >= 4 is 28.7 Å². The third-order valence-electron chi connectivity index (χ3n) is 5.57. The number of benzene rings is 2. The van der Waals surface area contributed by atoms with Crippen LogP contribution >= 0.6 is 0 Å². The quantitative estimate of drug-likeness (QED) is 0.309. The third-order valence-corrected chi connectivity index (χ3v) is 5.57. The summed E-state index contributed by atoms with van der Waals surface area (Å²) < 4.78 is 11.3. The lowest BCUT2D eigenvalue weighted by Gasteiger charge is -2.18. The number of nitrogens with zero attached hydrogens (tertiary/aromatic N) is 3. The van der Waals surface area contributed by atoms with Gasteiger partial charge in [0.15, 0.2) is 5.58 Å². The summed E-state index contributed by atoms with van der Waals surface area (Å²) in [5.74, 6) is 0.433. The van der Waals surface area contributed by atoms with Gasteiger partial charge in [0.25, 0.3) is 6.01 Å². The van der Waals surface area contributed by atoms with Gasteiger partial charge in [-0.05, 0) is 43.3 Å². The van der Waals surface area contributed by atoms with Crippen LogP contribution in [0, 0.1) is 17.2 Å². The van der Waals surface area contributed by atoms with Crippen molar-refractivity contribution in [3.8, 4) is 11.8 Å². The van der Waals surface area contributed by atoms with Crippen LogP contribution in [0.5, 0.6) is 5.75 Å². The van der Waals surface area contributed by atoms with Gasteiger partial charge in [0.2, 0.25) is 5.91 Å².